The highest BCUT2D eigenvalue weighted by Crippen LogP contribution is 2.49. The van der Waals surface area contributed by atoms with Crippen molar-refractivity contribution in [3.63, 3.8) is 0 Å². The van der Waals surface area contributed by atoms with Crippen molar-refractivity contribution in [3.8, 4) is 6.07 Å². The molecule has 2 aromatic rings. The van der Waals surface area contributed by atoms with Crippen LogP contribution in [0.5, 0.6) is 0 Å². The topological polar surface area (TPSA) is 64.4 Å². The third kappa shape index (κ3) is 4.09. The van der Waals surface area contributed by atoms with Crippen molar-refractivity contribution in [3.05, 3.63) is 58.7 Å². The van der Waals surface area contributed by atoms with Crippen LogP contribution in [-0.4, -0.2) is 25.3 Å². The van der Waals surface area contributed by atoms with Crippen molar-refractivity contribution >= 4 is 23.6 Å². The number of nitriles is 1. The fraction of sp³-hybridized carbons (Fsp3) is 0.483. The van der Waals surface area contributed by atoms with Crippen LogP contribution < -0.4 is 9.80 Å². The number of carbonyl (C=O) groups excluding carboxylic acids is 2. The van der Waals surface area contributed by atoms with Crippen LogP contribution in [0.1, 0.15) is 71.5 Å². The fourth-order valence-corrected chi connectivity index (χ4v) is 6.63. The van der Waals surface area contributed by atoms with Gasteiger partial charge in [-0.05, 0) is 79.8 Å². The van der Waals surface area contributed by atoms with Crippen LogP contribution in [0, 0.1) is 28.6 Å². The fourth-order valence-electron chi connectivity index (χ4n) is 6.63. The number of hydrogen-bond donors (Lipinski definition) is 0. The molecule has 5 nitrogen and oxygen atoms in total. The minimum Gasteiger partial charge on any atom is -0.370 e. The van der Waals surface area contributed by atoms with Crippen LogP contribution in [0.25, 0.3) is 0 Å². The molecule has 0 bridgehead atoms. The molecular formula is C29H28F3N3O2. The third-order valence-electron chi connectivity index (χ3n) is 9.01. The van der Waals surface area contributed by atoms with Gasteiger partial charge in [0.1, 0.15) is 6.29 Å². The predicted octanol–water partition coefficient (Wildman–Crippen LogP) is 6.08. The number of aldehydes is 1. The second-order valence-corrected chi connectivity index (χ2v) is 11.3. The molecule has 192 valence electrons. The Balaban J connectivity index is 1.26. The van der Waals surface area contributed by atoms with E-state index in [2.05, 4.69) is 6.07 Å². The van der Waals surface area contributed by atoms with Crippen molar-refractivity contribution in [2.45, 2.75) is 57.2 Å². The summed E-state index contributed by atoms with van der Waals surface area (Å²) in [6, 6.07) is 12.5. The van der Waals surface area contributed by atoms with Crippen LogP contribution in [0.2, 0.25) is 0 Å². The molecule has 0 atom stereocenters. The molecule has 2 heterocycles. The Labute approximate surface area is 213 Å². The van der Waals surface area contributed by atoms with Gasteiger partial charge >= 0.3 is 6.18 Å². The first-order chi connectivity index (χ1) is 17.7. The molecule has 1 saturated heterocycles. The smallest absolute Gasteiger partial charge is 0.370 e. The maximum Gasteiger partial charge on any atom is 0.416 e. The number of halogens is 3. The lowest BCUT2D eigenvalue weighted by molar-refractivity contribution is -0.138. The summed E-state index contributed by atoms with van der Waals surface area (Å²) in [5.74, 6) is -0.0393. The molecule has 4 aliphatic rings. The lowest BCUT2D eigenvalue weighted by Gasteiger charge is -2.54. The molecule has 37 heavy (non-hydrogen) atoms. The number of fused-ring (bicyclic) bond motifs is 1. The average molecular weight is 508 g/mol. The largest absolute Gasteiger partial charge is 0.416 e. The zero-order valence-electron chi connectivity index (χ0n) is 20.4. The number of anilines is 2. The van der Waals surface area contributed by atoms with Gasteiger partial charge < -0.3 is 14.6 Å². The maximum atomic E-state index is 14.2. The Hall–Kier alpha value is -3.34. The summed E-state index contributed by atoms with van der Waals surface area (Å²) >= 11 is 0. The van der Waals surface area contributed by atoms with E-state index in [1.54, 1.807) is 12.1 Å². The minimum absolute atomic E-state index is 0.0292. The first-order valence-electron chi connectivity index (χ1n) is 13.0. The summed E-state index contributed by atoms with van der Waals surface area (Å²) in [4.78, 5) is 27.9. The molecule has 3 fully saturated rings. The van der Waals surface area contributed by atoms with Crippen LogP contribution in [0.15, 0.2) is 36.4 Å². The zero-order valence-corrected chi connectivity index (χ0v) is 20.4. The molecule has 2 saturated carbocycles. The third-order valence-corrected chi connectivity index (χ3v) is 9.01. The zero-order chi connectivity index (χ0) is 25.9. The van der Waals surface area contributed by atoms with E-state index in [1.165, 1.54) is 11.0 Å². The van der Waals surface area contributed by atoms with Crippen molar-refractivity contribution in [2.24, 2.45) is 17.3 Å². The highest BCUT2D eigenvalue weighted by molar-refractivity contribution is 6.11. The van der Waals surface area contributed by atoms with E-state index in [9.17, 15) is 22.8 Å². The van der Waals surface area contributed by atoms with E-state index in [1.807, 2.05) is 23.1 Å². The van der Waals surface area contributed by atoms with Crippen molar-refractivity contribution in [1.82, 2.24) is 0 Å². The molecule has 0 aromatic heterocycles. The molecule has 1 spiro atoms. The summed E-state index contributed by atoms with van der Waals surface area (Å²) < 4.78 is 42.5. The summed E-state index contributed by atoms with van der Waals surface area (Å²) in [7, 11) is 0. The van der Waals surface area contributed by atoms with E-state index < -0.39 is 17.6 Å². The van der Waals surface area contributed by atoms with Gasteiger partial charge in [-0.15, -0.1) is 0 Å². The van der Waals surface area contributed by atoms with Crippen LogP contribution in [-0.2, 0) is 17.5 Å². The van der Waals surface area contributed by atoms with Gasteiger partial charge in [0.2, 0.25) is 0 Å². The second-order valence-electron chi connectivity index (χ2n) is 11.3. The van der Waals surface area contributed by atoms with Crippen LogP contribution in [0.3, 0.4) is 0 Å². The summed E-state index contributed by atoms with van der Waals surface area (Å²) in [6.45, 7) is 1.19. The van der Waals surface area contributed by atoms with Crippen molar-refractivity contribution in [2.75, 3.05) is 22.9 Å². The monoisotopic (exact) mass is 507 g/mol. The van der Waals surface area contributed by atoms with Crippen LogP contribution in [0.4, 0.5) is 24.5 Å². The number of rotatable bonds is 4. The van der Waals surface area contributed by atoms with E-state index >= 15 is 0 Å². The van der Waals surface area contributed by atoms with Gasteiger partial charge in [0.15, 0.2) is 0 Å². The normalized spacial score (nSPS) is 24.9. The molecule has 0 radical (unpaired) electrons. The molecular weight excluding hydrogens is 479 g/mol. The average Bonchev–Trinajstić information content (AvgIpc) is 3.17. The van der Waals surface area contributed by atoms with Gasteiger partial charge in [-0.1, -0.05) is 12.1 Å². The lowest BCUT2D eigenvalue weighted by Crippen LogP contribution is -2.58. The summed E-state index contributed by atoms with van der Waals surface area (Å²) in [5.41, 5.74) is 1.50. The minimum atomic E-state index is -4.57. The van der Waals surface area contributed by atoms with E-state index in [4.69, 9.17) is 5.26 Å². The van der Waals surface area contributed by atoms with Gasteiger partial charge in [-0.3, -0.25) is 4.79 Å². The van der Waals surface area contributed by atoms with Gasteiger partial charge in [0, 0.05) is 47.3 Å². The Morgan fingerprint density at radius 2 is 1.78 bits per heavy atom. The summed E-state index contributed by atoms with van der Waals surface area (Å²) in [5, 5.41) is 9.07. The Morgan fingerprint density at radius 3 is 2.43 bits per heavy atom. The highest BCUT2D eigenvalue weighted by Gasteiger charge is 2.47. The number of amides is 1. The van der Waals surface area contributed by atoms with E-state index in [0.29, 0.717) is 24.5 Å². The standard InChI is InChI=1S/C29H28F3N3O2/c30-29(31,32)26-12-23(34-16-28(17-34)6-4-18(15-36)5-7-28)11-24-25(26)14-35(27(24)37)22-3-1-2-20(10-22)21-8-19(9-21)13-33/h1-3,10-12,15,18-19,21H,4-9,14,16-17H2. The molecule has 0 unspecified atom stereocenters. The molecule has 1 amide bonds. The number of alkyl halides is 3. The van der Waals surface area contributed by atoms with Gasteiger partial charge in [-0.2, -0.15) is 18.4 Å². The molecule has 2 aromatic carbocycles. The highest BCUT2D eigenvalue weighted by atomic mass is 19.4. The molecule has 8 heteroatoms. The molecule has 2 aliphatic heterocycles. The lowest BCUT2D eigenvalue weighted by atomic mass is 9.66. The first kappa shape index (κ1) is 24.0. The Bertz CT molecular complexity index is 1290. The SMILES string of the molecule is N#CC1CC(c2cccc(N3Cc4c(cc(N5CC6(CCC(C=O)CC6)C5)cc4C(F)(F)F)C3=O)c2)C1. The van der Waals surface area contributed by atoms with Gasteiger partial charge in [0.05, 0.1) is 18.2 Å². The molecule has 2 aliphatic carbocycles. The number of hydrogen-bond acceptors (Lipinski definition) is 4. The molecule has 0 N–H and O–H groups in total. The second kappa shape index (κ2) is 8.61. The van der Waals surface area contributed by atoms with E-state index in [0.717, 1.165) is 50.4 Å². The predicted molar refractivity (Wildman–Crippen MR) is 132 cm³/mol. The van der Waals surface area contributed by atoms with Crippen molar-refractivity contribution < 1.29 is 22.8 Å². The first-order valence-corrected chi connectivity index (χ1v) is 13.0. The molecule has 6 rings (SSSR count). The summed E-state index contributed by atoms with van der Waals surface area (Å²) in [6.07, 6.45) is 1.46. The maximum absolute atomic E-state index is 14.2. The van der Waals surface area contributed by atoms with Gasteiger partial charge in [-0.25, -0.2) is 0 Å². The Kier molecular flexibility index (Phi) is 5.59. The van der Waals surface area contributed by atoms with Gasteiger partial charge in [0.25, 0.3) is 5.91 Å². The van der Waals surface area contributed by atoms with Crippen LogP contribution >= 0.6 is 0 Å². The number of benzene rings is 2. The number of nitrogens with zero attached hydrogens (tertiary/aromatic N) is 3. The Morgan fingerprint density at radius 1 is 1.05 bits per heavy atom. The quantitative estimate of drug-likeness (QED) is 0.471. The van der Waals surface area contributed by atoms with E-state index in [-0.39, 0.29) is 40.8 Å². The number of carbonyl (C=O) groups is 2. The van der Waals surface area contributed by atoms with Crippen molar-refractivity contribution in [1.29, 1.82) is 5.26 Å².